The molecule has 2 aromatic carbocycles. The highest BCUT2D eigenvalue weighted by Crippen LogP contribution is 2.28. The molecule has 0 aliphatic carbocycles. The number of aromatic nitrogens is 2. The minimum absolute atomic E-state index is 0.171. The number of nitrogens with zero attached hydrogens (tertiary/aromatic N) is 3. The van der Waals surface area contributed by atoms with E-state index in [1.54, 1.807) is 15.5 Å². The number of para-hydroxylation sites is 2. The van der Waals surface area contributed by atoms with Gasteiger partial charge in [0.2, 0.25) is 0 Å². The van der Waals surface area contributed by atoms with Gasteiger partial charge in [0, 0.05) is 6.54 Å². The van der Waals surface area contributed by atoms with Crippen LogP contribution in [0, 0.1) is 5.92 Å². The van der Waals surface area contributed by atoms with Crippen LogP contribution in [-0.2, 0) is 4.79 Å². The van der Waals surface area contributed by atoms with Crippen molar-refractivity contribution < 1.29 is 4.79 Å². The maximum atomic E-state index is 13.5. The minimum Gasteiger partial charge on any atom is -0.330 e. The molecular formula is C24H27Cl2N3O2. The predicted octanol–water partition coefficient (Wildman–Crippen LogP) is 5.52. The van der Waals surface area contributed by atoms with Gasteiger partial charge < -0.3 is 4.90 Å². The van der Waals surface area contributed by atoms with Crippen LogP contribution in [0.1, 0.15) is 45.5 Å². The van der Waals surface area contributed by atoms with Crippen LogP contribution in [0.4, 0.5) is 0 Å². The zero-order chi connectivity index (χ0) is 22.5. The van der Waals surface area contributed by atoms with E-state index in [9.17, 15) is 9.59 Å². The summed E-state index contributed by atoms with van der Waals surface area (Å²) >= 11 is 12.0. The Kier molecular flexibility index (Phi) is 7.74. The lowest BCUT2D eigenvalue weighted by Gasteiger charge is -2.33. The van der Waals surface area contributed by atoms with E-state index < -0.39 is 10.9 Å². The van der Waals surface area contributed by atoms with Gasteiger partial charge in [-0.3, -0.25) is 14.2 Å². The Labute approximate surface area is 192 Å². The van der Waals surface area contributed by atoms with Crippen molar-refractivity contribution in [3.63, 3.8) is 0 Å². The summed E-state index contributed by atoms with van der Waals surface area (Å²) in [7, 11) is 0. The van der Waals surface area contributed by atoms with Crippen LogP contribution in [0.3, 0.4) is 0 Å². The van der Waals surface area contributed by atoms with Gasteiger partial charge in [-0.15, -0.1) is 0 Å². The highest BCUT2D eigenvalue weighted by atomic mass is 35.5. The topological polar surface area (TPSA) is 55.2 Å². The molecule has 0 fully saturated rings. The van der Waals surface area contributed by atoms with E-state index >= 15 is 0 Å². The minimum atomic E-state index is -1.18. The molecule has 1 unspecified atom stereocenters. The maximum absolute atomic E-state index is 13.5. The Hall–Kier alpha value is -2.37. The van der Waals surface area contributed by atoms with Crippen molar-refractivity contribution in [3.8, 4) is 5.69 Å². The molecule has 1 aromatic heterocycles. The molecule has 3 aromatic rings. The van der Waals surface area contributed by atoms with Gasteiger partial charge in [0.15, 0.2) is 4.84 Å². The van der Waals surface area contributed by atoms with Crippen LogP contribution in [0.15, 0.2) is 59.4 Å². The molecule has 0 spiro atoms. The van der Waals surface area contributed by atoms with E-state index in [2.05, 4.69) is 13.8 Å². The molecule has 0 radical (unpaired) electrons. The lowest BCUT2D eigenvalue weighted by Crippen LogP contribution is -2.41. The van der Waals surface area contributed by atoms with Gasteiger partial charge in [0.25, 0.3) is 11.5 Å². The third kappa shape index (κ3) is 5.10. The summed E-state index contributed by atoms with van der Waals surface area (Å²) in [4.78, 5) is 31.8. The molecule has 1 atom stereocenters. The number of amides is 1. The van der Waals surface area contributed by atoms with Gasteiger partial charge in [-0.25, -0.2) is 4.98 Å². The van der Waals surface area contributed by atoms with Crippen LogP contribution in [0.25, 0.3) is 16.6 Å². The molecule has 0 aliphatic rings. The Morgan fingerprint density at radius 1 is 1.06 bits per heavy atom. The van der Waals surface area contributed by atoms with E-state index in [1.165, 1.54) is 0 Å². The molecule has 31 heavy (non-hydrogen) atoms. The molecule has 3 rings (SSSR count). The fourth-order valence-corrected chi connectivity index (χ4v) is 3.94. The fraction of sp³-hybridized carbons (Fsp3) is 0.375. The number of carbonyl (C=O) groups is 1. The van der Waals surface area contributed by atoms with Crippen LogP contribution in [0.5, 0.6) is 0 Å². The van der Waals surface area contributed by atoms with Crippen molar-refractivity contribution in [2.24, 2.45) is 5.92 Å². The van der Waals surface area contributed by atoms with Gasteiger partial charge in [-0.1, -0.05) is 74.3 Å². The van der Waals surface area contributed by atoms with E-state index in [4.69, 9.17) is 28.2 Å². The molecule has 164 valence electrons. The number of benzene rings is 2. The SMILES string of the molecule is CCC(c1nc2ccccc2c(=O)n1-c1ccccc1)N(CCC(C)C)C(=O)C(Cl)Cl. The van der Waals surface area contributed by atoms with E-state index in [0.717, 1.165) is 6.42 Å². The first-order valence-corrected chi connectivity index (χ1v) is 11.4. The second-order valence-corrected chi connectivity index (χ2v) is 9.00. The summed E-state index contributed by atoms with van der Waals surface area (Å²) in [5.74, 6) is 0.513. The second-order valence-electron chi connectivity index (χ2n) is 7.90. The molecule has 1 amide bonds. The van der Waals surface area contributed by atoms with Crippen molar-refractivity contribution in [1.82, 2.24) is 14.5 Å². The Bertz CT molecular complexity index is 1100. The molecule has 7 heteroatoms. The van der Waals surface area contributed by atoms with E-state index in [0.29, 0.717) is 41.3 Å². The third-order valence-corrected chi connectivity index (χ3v) is 5.67. The average Bonchev–Trinajstić information content (AvgIpc) is 2.76. The van der Waals surface area contributed by atoms with Gasteiger partial charge in [0.05, 0.1) is 22.6 Å². The molecule has 5 nitrogen and oxygen atoms in total. The Morgan fingerprint density at radius 2 is 1.71 bits per heavy atom. The van der Waals surface area contributed by atoms with Crippen molar-refractivity contribution >= 4 is 40.0 Å². The molecule has 0 bridgehead atoms. The third-order valence-electron chi connectivity index (χ3n) is 5.29. The van der Waals surface area contributed by atoms with Crippen molar-refractivity contribution in [2.45, 2.75) is 44.5 Å². The van der Waals surface area contributed by atoms with Crippen molar-refractivity contribution in [1.29, 1.82) is 0 Å². The molecule has 0 aliphatic heterocycles. The Balaban J connectivity index is 2.26. The number of hydrogen-bond acceptors (Lipinski definition) is 3. The van der Waals surface area contributed by atoms with Crippen LogP contribution < -0.4 is 5.56 Å². The highest BCUT2D eigenvalue weighted by Gasteiger charge is 2.31. The summed E-state index contributed by atoms with van der Waals surface area (Å²) in [6.07, 6.45) is 1.34. The predicted molar refractivity (Wildman–Crippen MR) is 127 cm³/mol. The smallest absolute Gasteiger partial charge is 0.266 e. The maximum Gasteiger partial charge on any atom is 0.266 e. The number of rotatable bonds is 8. The highest BCUT2D eigenvalue weighted by molar-refractivity contribution is 6.53. The lowest BCUT2D eigenvalue weighted by atomic mass is 10.1. The first-order chi connectivity index (χ1) is 14.8. The van der Waals surface area contributed by atoms with E-state index in [-0.39, 0.29) is 11.5 Å². The van der Waals surface area contributed by atoms with Crippen LogP contribution >= 0.6 is 23.2 Å². The summed E-state index contributed by atoms with van der Waals surface area (Å²) in [5, 5.41) is 0.526. The summed E-state index contributed by atoms with van der Waals surface area (Å²) in [5.41, 5.74) is 1.12. The van der Waals surface area contributed by atoms with Gasteiger partial charge in [0.1, 0.15) is 5.82 Å². The lowest BCUT2D eigenvalue weighted by molar-refractivity contribution is -0.132. The largest absolute Gasteiger partial charge is 0.330 e. The van der Waals surface area contributed by atoms with Gasteiger partial charge in [-0.2, -0.15) is 0 Å². The van der Waals surface area contributed by atoms with Crippen LogP contribution in [0.2, 0.25) is 0 Å². The Morgan fingerprint density at radius 3 is 2.32 bits per heavy atom. The summed E-state index contributed by atoms with van der Waals surface area (Å²) < 4.78 is 1.60. The molecule has 0 saturated heterocycles. The second kappa shape index (κ2) is 10.3. The summed E-state index contributed by atoms with van der Waals surface area (Å²) in [6.45, 7) is 6.63. The van der Waals surface area contributed by atoms with Gasteiger partial charge >= 0.3 is 0 Å². The monoisotopic (exact) mass is 459 g/mol. The first-order valence-electron chi connectivity index (χ1n) is 10.5. The molecule has 0 saturated carbocycles. The number of fused-ring (bicyclic) bond motifs is 1. The molecular weight excluding hydrogens is 433 g/mol. The standard InChI is InChI=1S/C24H27Cl2N3O2/c1-4-20(28(15-14-16(2)3)24(31)21(25)26)22-27-19-13-9-8-12-18(19)23(30)29(22)17-10-6-5-7-11-17/h5-13,16,20-21H,4,14-15H2,1-3H3. The van der Waals surface area contributed by atoms with Crippen molar-refractivity contribution in [3.05, 3.63) is 70.8 Å². The number of halogens is 2. The normalized spacial score (nSPS) is 12.5. The van der Waals surface area contributed by atoms with Crippen molar-refractivity contribution in [2.75, 3.05) is 6.54 Å². The van der Waals surface area contributed by atoms with Crippen LogP contribution in [-0.4, -0.2) is 31.7 Å². The zero-order valence-corrected chi connectivity index (χ0v) is 19.5. The molecule has 0 N–H and O–H groups in total. The van der Waals surface area contributed by atoms with Gasteiger partial charge in [-0.05, 0) is 43.0 Å². The average molecular weight is 460 g/mol. The first kappa shape index (κ1) is 23.3. The quantitative estimate of drug-likeness (QED) is 0.416. The number of hydrogen-bond donors (Lipinski definition) is 0. The number of alkyl halides is 2. The molecule has 1 heterocycles. The summed E-state index contributed by atoms with van der Waals surface area (Å²) in [6, 6.07) is 16.2. The number of carbonyl (C=O) groups excluding carboxylic acids is 1. The van der Waals surface area contributed by atoms with E-state index in [1.807, 2.05) is 55.5 Å². The zero-order valence-electron chi connectivity index (χ0n) is 18.0. The fourth-order valence-electron chi connectivity index (χ4n) is 3.68.